The van der Waals surface area contributed by atoms with Crippen molar-refractivity contribution in [2.45, 2.75) is 0 Å². The van der Waals surface area contributed by atoms with Crippen molar-refractivity contribution in [2.75, 3.05) is 5.32 Å². The number of rotatable bonds is 3. The molecule has 0 saturated carbocycles. The lowest BCUT2D eigenvalue weighted by atomic mass is 10.1. The molecule has 0 unspecified atom stereocenters. The zero-order valence-corrected chi connectivity index (χ0v) is 11.1. The lowest BCUT2D eigenvalue weighted by Crippen LogP contribution is -2.02. The molecule has 20 heavy (non-hydrogen) atoms. The Labute approximate surface area is 120 Å². The predicted molar refractivity (Wildman–Crippen MR) is 79.7 cm³/mol. The topological polar surface area (TPSA) is 54.9 Å². The van der Waals surface area contributed by atoms with Crippen LogP contribution >= 0.6 is 11.6 Å². The lowest BCUT2D eigenvalue weighted by Gasteiger charge is -2.08. The zero-order valence-electron chi connectivity index (χ0n) is 10.4. The maximum absolute atomic E-state index is 10.6. The van der Waals surface area contributed by atoms with Crippen LogP contribution in [0.2, 0.25) is 5.02 Å². The number of hydrogen-bond acceptors (Lipinski definition) is 3. The second-order valence-corrected chi connectivity index (χ2v) is 4.62. The third-order valence-corrected chi connectivity index (χ3v) is 3.13. The van der Waals surface area contributed by atoms with Crippen LogP contribution in [0, 0.1) is 0 Å². The van der Waals surface area contributed by atoms with Gasteiger partial charge in [0.2, 0.25) is 12.4 Å². The van der Waals surface area contributed by atoms with Crippen molar-refractivity contribution in [3.63, 3.8) is 0 Å². The van der Waals surface area contributed by atoms with E-state index in [2.05, 4.69) is 15.3 Å². The number of halogens is 1. The van der Waals surface area contributed by atoms with Crippen LogP contribution in [0.1, 0.15) is 0 Å². The number of benzene rings is 2. The Bertz CT molecular complexity index is 775. The Morgan fingerprint density at radius 3 is 2.60 bits per heavy atom. The average molecular weight is 284 g/mol. The van der Waals surface area contributed by atoms with Crippen molar-refractivity contribution in [1.29, 1.82) is 0 Å². The molecule has 0 saturated heterocycles. The van der Waals surface area contributed by atoms with Gasteiger partial charge in [0.25, 0.3) is 0 Å². The quantitative estimate of drug-likeness (QED) is 0.748. The van der Waals surface area contributed by atoms with E-state index in [0.29, 0.717) is 11.4 Å². The number of nitrogens with one attached hydrogen (secondary N) is 1. The molecule has 0 spiro atoms. The van der Waals surface area contributed by atoms with Gasteiger partial charge in [0.15, 0.2) is 0 Å². The molecule has 1 amide bonds. The molecular weight excluding hydrogens is 274 g/mol. The van der Waals surface area contributed by atoms with Gasteiger partial charge in [-0.1, -0.05) is 41.9 Å². The summed E-state index contributed by atoms with van der Waals surface area (Å²) in [5.41, 5.74) is 2.41. The highest BCUT2D eigenvalue weighted by atomic mass is 35.5. The number of fused-ring (bicyclic) bond motifs is 1. The largest absolute Gasteiger partial charge is 0.297 e. The summed E-state index contributed by atoms with van der Waals surface area (Å²) in [6.45, 7) is 0. The fraction of sp³-hybridized carbons (Fsp3) is 0. The molecule has 0 aliphatic heterocycles. The van der Waals surface area contributed by atoms with Crippen LogP contribution < -0.4 is 5.32 Å². The Kier molecular flexibility index (Phi) is 3.31. The SMILES string of the molecule is O=CNc1nc(-c2ccccc2)c2cc(Cl)ccc2n1. The van der Waals surface area contributed by atoms with Crippen molar-refractivity contribution < 1.29 is 4.79 Å². The van der Waals surface area contributed by atoms with Crippen LogP contribution in [0.15, 0.2) is 48.5 Å². The van der Waals surface area contributed by atoms with E-state index >= 15 is 0 Å². The van der Waals surface area contributed by atoms with Crippen LogP contribution in [0.4, 0.5) is 5.95 Å². The minimum absolute atomic E-state index is 0.272. The number of carbonyl (C=O) groups is 1. The van der Waals surface area contributed by atoms with E-state index in [-0.39, 0.29) is 5.95 Å². The van der Waals surface area contributed by atoms with Crippen LogP contribution in [0.25, 0.3) is 22.2 Å². The van der Waals surface area contributed by atoms with Gasteiger partial charge in [-0.2, -0.15) is 0 Å². The molecule has 0 radical (unpaired) electrons. The number of carbonyl (C=O) groups excluding carboxylic acids is 1. The Morgan fingerprint density at radius 2 is 1.85 bits per heavy atom. The van der Waals surface area contributed by atoms with Crippen LogP contribution in [-0.4, -0.2) is 16.4 Å². The molecule has 1 N–H and O–H groups in total. The highest BCUT2D eigenvalue weighted by Gasteiger charge is 2.10. The molecule has 0 aliphatic carbocycles. The van der Waals surface area contributed by atoms with E-state index in [9.17, 15) is 4.79 Å². The molecule has 5 heteroatoms. The fourth-order valence-electron chi connectivity index (χ4n) is 2.03. The van der Waals surface area contributed by atoms with Gasteiger partial charge >= 0.3 is 0 Å². The van der Waals surface area contributed by atoms with Crippen LogP contribution in [0.5, 0.6) is 0 Å². The maximum Gasteiger partial charge on any atom is 0.230 e. The monoisotopic (exact) mass is 283 g/mol. The lowest BCUT2D eigenvalue weighted by molar-refractivity contribution is -0.105. The molecule has 0 atom stereocenters. The number of nitrogens with zero attached hydrogens (tertiary/aromatic N) is 2. The molecule has 4 nitrogen and oxygen atoms in total. The normalized spacial score (nSPS) is 10.4. The van der Waals surface area contributed by atoms with Gasteiger partial charge < -0.3 is 0 Å². The first-order chi connectivity index (χ1) is 9.78. The standard InChI is InChI=1S/C15H10ClN3O/c16-11-6-7-13-12(8-11)14(10-4-2-1-3-5-10)19-15(18-13)17-9-20/h1-9H,(H,17,18,19,20). The summed E-state index contributed by atoms with van der Waals surface area (Å²) < 4.78 is 0. The summed E-state index contributed by atoms with van der Waals surface area (Å²) >= 11 is 6.05. The van der Waals surface area contributed by atoms with Crippen LogP contribution in [0.3, 0.4) is 0 Å². The highest BCUT2D eigenvalue weighted by Crippen LogP contribution is 2.29. The molecule has 1 heterocycles. The molecule has 1 aromatic heterocycles. The smallest absolute Gasteiger partial charge is 0.230 e. The van der Waals surface area contributed by atoms with Crippen molar-refractivity contribution in [2.24, 2.45) is 0 Å². The number of anilines is 1. The first-order valence-corrected chi connectivity index (χ1v) is 6.38. The number of amides is 1. The van der Waals surface area contributed by atoms with E-state index in [4.69, 9.17) is 11.6 Å². The molecule has 0 aliphatic rings. The van der Waals surface area contributed by atoms with E-state index in [0.717, 1.165) is 22.2 Å². The Morgan fingerprint density at radius 1 is 1.05 bits per heavy atom. The predicted octanol–water partition coefficient (Wildman–Crippen LogP) is 3.52. The summed E-state index contributed by atoms with van der Waals surface area (Å²) in [5.74, 6) is 0.272. The molecule has 0 bridgehead atoms. The van der Waals surface area contributed by atoms with Gasteiger partial charge in [0.1, 0.15) is 0 Å². The van der Waals surface area contributed by atoms with Crippen molar-refractivity contribution in [1.82, 2.24) is 9.97 Å². The highest BCUT2D eigenvalue weighted by molar-refractivity contribution is 6.31. The second-order valence-electron chi connectivity index (χ2n) is 4.19. The first kappa shape index (κ1) is 12.6. The molecule has 98 valence electrons. The molecule has 0 fully saturated rings. The maximum atomic E-state index is 10.6. The number of hydrogen-bond donors (Lipinski definition) is 1. The summed E-state index contributed by atoms with van der Waals surface area (Å²) in [4.78, 5) is 19.3. The fourth-order valence-corrected chi connectivity index (χ4v) is 2.21. The molecule has 3 aromatic rings. The van der Waals surface area contributed by atoms with E-state index in [1.807, 2.05) is 42.5 Å². The Hall–Kier alpha value is -2.46. The van der Waals surface area contributed by atoms with Gasteiger partial charge in [0.05, 0.1) is 11.2 Å². The third-order valence-electron chi connectivity index (χ3n) is 2.89. The van der Waals surface area contributed by atoms with E-state index in [1.54, 1.807) is 6.07 Å². The minimum atomic E-state index is 0.272. The summed E-state index contributed by atoms with van der Waals surface area (Å²) in [5, 5.41) is 3.96. The molecule has 3 rings (SSSR count). The first-order valence-electron chi connectivity index (χ1n) is 6.01. The molecule has 2 aromatic carbocycles. The second kappa shape index (κ2) is 5.27. The summed E-state index contributed by atoms with van der Waals surface area (Å²) in [6.07, 6.45) is 0.561. The zero-order chi connectivity index (χ0) is 13.9. The van der Waals surface area contributed by atoms with Crippen molar-refractivity contribution in [3.8, 4) is 11.3 Å². The van der Waals surface area contributed by atoms with Crippen molar-refractivity contribution >= 4 is 34.9 Å². The summed E-state index contributed by atoms with van der Waals surface area (Å²) in [6, 6.07) is 15.1. The Balaban J connectivity index is 2.31. The van der Waals surface area contributed by atoms with Gasteiger partial charge in [-0.25, -0.2) is 9.97 Å². The minimum Gasteiger partial charge on any atom is -0.297 e. The number of aromatic nitrogens is 2. The van der Waals surface area contributed by atoms with Crippen LogP contribution in [-0.2, 0) is 4.79 Å². The molecular formula is C15H10ClN3O. The average Bonchev–Trinajstić information content (AvgIpc) is 2.48. The third kappa shape index (κ3) is 2.33. The summed E-state index contributed by atoms with van der Waals surface area (Å²) in [7, 11) is 0. The van der Waals surface area contributed by atoms with Crippen molar-refractivity contribution in [3.05, 3.63) is 53.6 Å². The van der Waals surface area contributed by atoms with E-state index < -0.39 is 0 Å². The van der Waals surface area contributed by atoms with Gasteiger partial charge in [-0.3, -0.25) is 10.1 Å². The van der Waals surface area contributed by atoms with Gasteiger partial charge in [-0.15, -0.1) is 0 Å². The van der Waals surface area contributed by atoms with E-state index in [1.165, 1.54) is 0 Å². The van der Waals surface area contributed by atoms with Gasteiger partial charge in [0, 0.05) is 16.0 Å². The van der Waals surface area contributed by atoms with Gasteiger partial charge in [-0.05, 0) is 18.2 Å².